The van der Waals surface area contributed by atoms with Crippen molar-refractivity contribution in [2.45, 2.75) is 13.0 Å². The van der Waals surface area contributed by atoms with Gasteiger partial charge >= 0.3 is 5.69 Å². The van der Waals surface area contributed by atoms with Crippen LogP contribution in [0.2, 0.25) is 10.0 Å². The Kier molecular flexibility index (Phi) is 4.42. The standard InChI is InChI=1S/C13H11Cl2N3O2/c1-8(10-5-4-9(14)7-11(10)15)17-13-12(18(19)20)3-2-6-16-13/h2-8H,1H3,(H,16,17)/t8-/m0/s1. The molecule has 5 nitrogen and oxygen atoms in total. The summed E-state index contributed by atoms with van der Waals surface area (Å²) in [5, 5.41) is 15.0. The minimum Gasteiger partial charge on any atom is -0.358 e. The third-order valence-corrected chi connectivity index (χ3v) is 3.33. The molecule has 0 saturated carbocycles. The number of nitrogens with zero attached hydrogens (tertiary/aromatic N) is 2. The highest BCUT2D eigenvalue weighted by molar-refractivity contribution is 6.35. The minimum atomic E-state index is -0.481. The van der Waals surface area contributed by atoms with Gasteiger partial charge < -0.3 is 5.32 Å². The quantitative estimate of drug-likeness (QED) is 0.668. The molecule has 2 rings (SSSR count). The van der Waals surface area contributed by atoms with Gasteiger partial charge in [0.05, 0.1) is 11.0 Å². The lowest BCUT2D eigenvalue weighted by molar-refractivity contribution is -0.384. The minimum absolute atomic E-state index is 0.0792. The Balaban J connectivity index is 2.28. The Bertz CT molecular complexity index is 649. The highest BCUT2D eigenvalue weighted by atomic mass is 35.5. The summed E-state index contributed by atoms with van der Waals surface area (Å²) >= 11 is 12.0. The molecule has 0 saturated heterocycles. The predicted octanol–water partition coefficient (Wildman–Crippen LogP) is 4.47. The maximum atomic E-state index is 10.9. The molecule has 0 spiro atoms. The van der Waals surface area contributed by atoms with E-state index in [2.05, 4.69) is 10.3 Å². The van der Waals surface area contributed by atoms with E-state index in [-0.39, 0.29) is 17.5 Å². The Morgan fingerprint density at radius 1 is 1.35 bits per heavy atom. The second-order valence-electron chi connectivity index (χ2n) is 4.16. The van der Waals surface area contributed by atoms with Crippen LogP contribution in [-0.4, -0.2) is 9.91 Å². The van der Waals surface area contributed by atoms with Crippen LogP contribution in [0.4, 0.5) is 11.5 Å². The zero-order chi connectivity index (χ0) is 14.7. The van der Waals surface area contributed by atoms with Crippen molar-refractivity contribution in [1.82, 2.24) is 4.98 Å². The molecular formula is C13H11Cl2N3O2. The van der Waals surface area contributed by atoms with Gasteiger partial charge in [-0.2, -0.15) is 0 Å². The van der Waals surface area contributed by atoms with Crippen molar-refractivity contribution in [1.29, 1.82) is 0 Å². The Morgan fingerprint density at radius 3 is 2.75 bits per heavy atom. The first kappa shape index (κ1) is 14.6. The Morgan fingerprint density at radius 2 is 2.10 bits per heavy atom. The first-order valence-corrected chi connectivity index (χ1v) is 6.55. The van der Waals surface area contributed by atoms with Crippen molar-refractivity contribution < 1.29 is 4.92 Å². The van der Waals surface area contributed by atoms with Crippen LogP contribution < -0.4 is 5.32 Å². The smallest absolute Gasteiger partial charge is 0.311 e. The molecule has 0 amide bonds. The summed E-state index contributed by atoms with van der Waals surface area (Å²) in [5.74, 6) is 0.205. The number of rotatable bonds is 4. The summed E-state index contributed by atoms with van der Waals surface area (Å²) in [6.45, 7) is 1.84. The molecule has 2 aromatic rings. The molecule has 0 aliphatic heterocycles. The third kappa shape index (κ3) is 3.18. The lowest BCUT2D eigenvalue weighted by Crippen LogP contribution is -2.10. The van der Waals surface area contributed by atoms with Crippen molar-refractivity contribution in [3.63, 3.8) is 0 Å². The number of aromatic nitrogens is 1. The van der Waals surface area contributed by atoms with Crippen molar-refractivity contribution in [2.24, 2.45) is 0 Å². The fraction of sp³-hybridized carbons (Fsp3) is 0.154. The Labute approximate surface area is 125 Å². The molecule has 1 atom stereocenters. The zero-order valence-corrected chi connectivity index (χ0v) is 12.0. The zero-order valence-electron chi connectivity index (χ0n) is 10.5. The van der Waals surface area contributed by atoms with Gasteiger partial charge in [-0.25, -0.2) is 4.98 Å². The highest BCUT2D eigenvalue weighted by Crippen LogP contribution is 2.30. The Hall–Kier alpha value is -1.85. The maximum Gasteiger partial charge on any atom is 0.311 e. The number of halogens is 2. The molecular weight excluding hydrogens is 301 g/mol. The van der Waals surface area contributed by atoms with Gasteiger partial charge in [0.1, 0.15) is 0 Å². The van der Waals surface area contributed by atoms with Gasteiger partial charge in [0, 0.05) is 22.3 Å². The molecule has 0 fully saturated rings. The van der Waals surface area contributed by atoms with Crippen LogP contribution in [0, 0.1) is 10.1 Å². The van der Waals surface area contributed by atoms with Crippen LogP contribution in [0.5, 0.6) is 0 Å². The molecule has 0 radical (unpaired) electrons. The lowest BCUT2D eigenvalue weighted by atomic mass is 10.1. The number of benzene rings is 1. The van der Waals surface area contributed by atoms with E-state index >= 15 is 0 Å². The second kappa shape index (κ2) is 6.07. The SMILES string of the molecule is C[C@H](Nc1ncccc1[N+](=O)[O-])c1ccc(Cl)cc1Cl. The van der Waals surface area contributed by atoms with E-state index in [1.807, 2.05) is 6.92 Å². The first-order valence-electron chi connectivity index (χ1n) is 5.80. The van der Waals surface area contributed by atoms with Crippen molar-refractivity contribution in [3.8, 4) is 0 Å². The average Bonchev–Trinajstić information content (AvgIpc) is 2.38. The summed E-state index contributed by atoms with van der Waals surface area (Å²) in [7, 11) is 0. The van der Waals surface area contributed by atoms with Crippen molar-refractivity contribution in [2.75, 3.05) is 5.32 Å². The molecule has 1 N–H and O–H groups in total. The number of hydrogen-bond acceptors (Lipinski definition) is 4. The summed E-state index contributed by atoms with van der Waals surface area (Å²) in [5.41, 5.74) is 0.709. The van der Waals surface area contributed by atoms with Crippen LogP contribution in [0.25, 0.3) is 0 Å². The fourth-order valence-electron chi connectivity index (χ4n) is 1.79. The molecule has 104 valence electrons. The van der Waals surface area contributed by atoms with Crippen LogP contribution in [0.1, 0.15) is 18.5 Å². The lowest BCUT2D eigenvalue weighted by Gasteiger charge is -2.16. The van der Waals surface area contributed by atoms with Gasteiger partial charge in [0.2, 0.25) is 5.82 Å². The van der Waals surface area contributed by atoms with E-state index in [4.69, 9.17) is 23.2 Å². The van der Waals surface area contributed by atoms with Gasteiger partial charge in [0.15, 0.2) is 0 Å². The molecule has 1 aromatic carbocycles. The highest BCUT2D eigenvalue weighted by Gasteiger charge is 2.18. The third-order valence-electron chi connectivity index (χ3n) is 2.77. The van der Waals surface area contributed by atoms with E-state index in [1.54, 1.807) is 18.2 Å². The number of pyridine rings is 1. The second-order valence-corrected chi connectivity index (χ2v) is 5.00. The summed E-state index contributed by atoms with van der Waals surface area (Å²) in [6, 6.07) is 7.79. The van der Waals surface area contributed by atoms with Crippen LogP contribution in [0.3, 0.4) is 0 Å². The number of nitro groups is 1. The van der Waals surface area contributed by atoms with Crippen LogP contribution in [-0.2, 0) is 0 Å². The number of nitrogens with one attached hydrogen (secondary N) is 1. The molecule has 0 bridgehead atoms. The molecule has 0 unspecified atom stereocenters. The summed E-state index contributed by atoms with van der Waals surface area (Å²) in [4.78, 5) is 14.4. The molecule has 1 aromatic heterocycles. The molecule has 20 heavy (non-hydrogen) atoms. The van der Waals surface area contributed by atoms with Crippen molar-refractivity contribution in [3.05, 3.63) is 62.3 Å². The van der Waals surface area contributed by atoms with Crippen LogP contribution >= 0.6 is 23.2 Å². The topological polar surface area (TPSA) is 68.1 Å². The molecule has 0 aliphatic carbocycles. The summed E-state index contributed by atoms with van der Waals surface area (Å²) < 4.78 is 0. The van der Waals surface area contributed by atoms with E-state index in [0.29, 0.717) is 10.0 Å². The van der Waals surface area contributed by atoms with E-state index in [1.165, 1.54) is 18.3 Å². The molecule has 0 aliphatic rings. The number of anilines is 1. The maximum absolute atomic E-state index is 10.9. The fourth-order valence-corrected chi connectivity index (χ4v) is 2.36. The molecule has 7 heteroatoms. The van der Waals surface area contributed by atoms with Crippen LogP contribution in [0.15, 0.2) is 36.5 Å². The van der Waals surface area contributed by atoms with Gasteiger partial charge in [0.25, 0.3) is 0 Å². The average molecular weight is 312 g/mol. The summed E-state index contributed by atoms with van der Waals surface area (Å²) in [6.07, 6.45) is 1.49. The van der Waals surface area contributed by atoms with E-state index in [0.717, 1.165) is 5.56 Å². The van der Waals surface area contributed by atoms with Crippen molar-refractivity contribution >= 4 is 34.7 Å². The van der Waals surface area contributed by atoms with Gasteiger partial charge in [-0.15, -0.1) is 0 Å². The normalized spacial score (nSPS) is 11.9. The van der Waals surface area contributed by atoms with Gasteiger partial charge in [-0.3, -0.25) is 10.1 Å². The van der Waals surface area contributed by atoms with Gasteiger partial charge in [-0.1, -0.05) is 29.3 Å². The monoisotopic (exact) mass is 311 g/mol. The first-order chi connectivity index (χ1) is 9.49. The number of hydrogen-bond donors (Lipinski definition) is 1. The largest absolute Gasteiger partial charge is 0.358 e. The van der Waals surface area contributed by atoms with Gasteiger partial charge in [-0.05, 0) is 30.7 Å². The van der Waals surface area contributed by atoms with E-state index in [9.17, 15) is 10.1 Å². The molecule has 1 heterocycles. The predicted molar refractivity (Wildman–Crippen MR) is 79.4 cm³/mol. The van der Waals surface area contributed by atoms with E-state index < -0.39 is 4.92 Å².